The van der Waals surface area contributed by atoms with Gasteiger partial charge < -0.3 is 15.4 Å². The molecule has 104 valence electrons. The molecule has 1 saturated carbocycles. The summed E-state index contributed by atoms with van der Waals surface area (Å²) < 4.78 is 5.37. The van der Waals surface area contributed by atoms with Crippen LogP contribution in [0.3, 0.4) is 0 Å². The lowest BCUT2D eigenvalue weighted by atomic mass is 9.84. The fraction of sp³-hybridized carbons (Fsp3) is 0.929. The SMILES string of the molecule is NC1CCC(CCC(=O)N2CCCOCC2)CC1. The van der Waals surface area contributed by atoms with Gasteiger partial charge in [-0.25, -0.2) is 0 Å². The van der Waals surface area contributed by atoms with Crippen molar-refractivity contribution in [3.8, 4) is 0 Å². The van der Waals surface area contributed by atoms with Crippen molar-refractivity contribution in [1.29, 1.82) is 0 Å². The minimum Gasteiger partial charge on any atom is -0.380 e. The predicted octanol–water partition coefficient (Wildman–Crippen LogP) is 1.53. The van der Waals surface area contributed by atoms with Crippen LogP contribution in [0.4, 0.5) is 0 Å². The first-order chi connectivity index (χ1) is 8.75. The molecule has 0 atom stereocenters. The number of rotatable bonds is 3. The summed E-state index contributed by atoms with van der Waals surface area (Å²) in [6.07, 6.45) is 7.41. The Balaban J connectivity index is 1.67. The number of carbonyl (C=O) groups excluding carboxylic acids is 1. The van der Waals surface area contributed by atoms with E-state index < -0.39 is 0 Å². The Labute approximate surface area is 110 Å². The molecule has 2 fully saturated rings. The van der Waals surface area contributed by atoms with Crippen molar-refractivity contribution >= 4 is 5.91 Å². The molecule has 0 spiro atoms. The van der Waals surface area contributed by atoms with Gasteiger partial charge in [-0.1, -0.05) is 0 Å². The number of carbonyl (C=O) groups is 1. The van der Waals surface area contributed by atoms with Crippen LogP contribution < -0.4 is 5.73 Å². The second-order valence-corrected chi connectivity index (χ2v) is 5.67. The molecule has 0 bridgehead atoms. The lowest BCUT2D eigenvalue weighted by Crippen LogP contribution is -2.33. The van der Waals surface area contributed by atoms with Gasteiger partial charge in [0.2, 0.25) is 5.91 Å². The zero-order valence-corrected chi connectivity index (χ0v) is 11.3. The molecular weight excluding hydrogens is 228 g/mol. The summed E-state index contributed by atoms with van der Waals surface area (Å²) in [5.74, 6) is 1.03. The van der Waals surface area contributed by atoms with Crippen molar-refractivity contribution in [3.05, 3.63) is 0 Å². The van der Waals surface area contributed by atoms with Crippen LogP contribution >= 0.6 is 0 Å². The highest BCUT2D eigenvalue weighted by Crippen LogP contribution is 2.27. The van der Waals surface area contributed by atoms with Crippen LogP contribution in [0.1, 0.15) is 44.9 Å². The summed E-state index contributed by atoms with van der Waals surface area (Å²) in [6.45, 7) is 3.14. The molecule has 0 aromatic heterocycles. The van der Waals surface area contributed by atoms with Crippen LogP contribution in [0, 0.1) is 5.92 Å². The predicted molar refractivity (Wildman–Crippen MR) is 71.2 cm³/mol. The minimum absolute atomic E-state index is 0.315. The van der Waals surface area contributed by atoms with Gasteiger partial charge in [-0.05, 0) is 44.4 Å². The summed E-state index contributed by atoms with van der Waals surface area (Å²) in [7, 11) is 0. The second-order valence-electron chi connectivity index (χ2n) is 5.67. The van der Waals surface area contributed by atoms with Crippen molar-refractivity contribution in [3.63, 3.8) is 0 Å². The van der Waals surface area contributed by atoms with Gasteiger partial charge in [0, 0.05) is 32.2 Å². The van der Waals surface area contributed by atoms with Crippen LogP contribution in [0.25, 0.3) is 0 Å². The van der Waals surface area contributed by atoms with Crippen LogP contribution in [-0.4, -0.2) is 43.2 Å². The molecule has 1 saturated heterocycles. The zero-order chi connectivity index (χ0) is 12.8. The molecule has 0 unspecified atom stereocenters. The molecule has 4 heteroatoms. The lowest BCUT2D eigenvalue weighted by molar-refractivity contribution is -0.131. The van der Waals surface area contributed by atoms with E-state index in [9.17, 15) is 4.79 Å². The third-order valence-electron chi connectivity index (χ3n) is 4.23. The van der Waals surface area contributed by atoms with E-state index in [0.717, 1.165) is 51.3 Å². The molecule has 1 aliphatic carbocycles. The lowest BCUT2D eigenvalue weighted by Gasteiger charge is -2.27. The molecule has 0 radical (unpaired) electrons. The van der Waals surface area contributed by atoms with E-state index in [-0.39, 0.29) is 0 Å². The maximum Gasteiger partial charge on any atom is 0.222 e. The number of hydrogen-bond donors (Lipinski definition) is 1. The standard InChI is InChI=1S/C14H26N2O2/c15-13-5-2-12(3-6-13)4-7-14(17)16-8-1-10-18-11-9-16/h12-13H,1-11,15H2. The Bertz CT molecular complexity index is 255. The number of nitrogens with zero attached hydrogens (tertiary/aromatic N) is 1. The Morgan fingerprint density at radius 1 is 1.17 bits per heavy atom. The van der Waals surface area contributed by atoms with Crippen LogP contribution in [0.5, 0.6) is 0 Å². The zero-order valence-electron chi connectivity index (χ0n) is 11.3. The van der Waals surface area contributed by atoms with E-state index in [1.54, 1.807) is 0 Å². The summed E-state index contributed by atoms with van der Waals surface area (Å²) in [5.41, 5.74) is 5.90. The van der Waals surface area contributed by atoms with Gasteiger partial charge in [-0.3, -0.25) is 4.79 Å². The fourth-order valence-electron chi connectivity index (χ4n) is 2.96. The first-order valence-electron chi connectivity index (χ1n) is 7.37. The third kappa shape index (κ3) is 4.25. The topological polar surface area (TPSA) is 55.6 Å². The maximum atomic E-state index is 12.1. The maximum absolute atomic E-state index is 12.1. The van der Waals surface area contributed by atoms with Gasteiger partial charge in [0.05, 0.1) is 6.61 Å². The van der Waals surface area contributed by atoms with Crippen molar-refractivity contribution in [2.75, 3.05) is 26.3 Å². The van der Waals surface area contributed by atoms with Crippen LogP contribution in [0.15, 0.2) is 0 Å². The average Bonchev–Trinajstić information content (AvgIpc) is 2.66. The van der Waals surface area contributed by atoms with Crippen molar-refractivity contribution in [2.24, 2.45) is 11.7 Å². The van der Waals surface area contributed by atoms with Gasteiger partial charge in [0.25, 0.3) is 0 Å². The van der Waals surface area contributed by atoms with E-state index in [4.69, 9.17) is 10.5 Å². The molecule has 2 aliphatic rings. The molecule has 1 aliphatic heterocycles. The van der Waals surface area contributed by atoms with Gasteiger partial charge in [-0.2, -0.15) is 0 Å². The van der Waals surface area contributed by atoms with Crippen LogP contribution in [-0.2, 0) is 9.53 Å². The molecule has 4 nitrogen and oxygen atoms in total. The van der Waals surface area contributed by atoms with E-state index in [1.165, 1.54) is 12.8 Å². The smallest absolute Gasteiger partial charge is 0.222 e. The highest BCUT2D eigenvalue weighted by Gasteiger charge is 2.21. The van der Waals surface area contributed by atoms with E-state index in [1.807, 2.05) is 4.90 Å². The second kappa shape index (κ2) is 7.10. The van der Waals surface area contributed by atoms with E-state index >= 15 is 0 Å². The first-order valence-corrected chi connectivity index (χ1v) is 7.37. The van der Waals surface area contributed by atoms with Crippen LogP contribution in [0.2, 0.25) is 0 Å². The minimum atomic E-state index is 0.315. The number of hydrogen-bond acceptors (Lipinski definition) is 3. The summed E-state index contributed by atoms with van der Waals surface area (Å²) in [6, 6.07) is 0.403. The van der Waals surface area contributed by atoms with Crippen molar-refractivity contribution in [2.45, 2.75) is 51.0 Å². The molecular formula is C14H26N2O2. The Kier molecular flexibility index (Phi) is 5.45. The molecule has 0 aromatic carbocycles. The molecule has 1 amide bonds. The van der Waals surface area contributed by atoms with E-state index in [0.29, 0.717) is 25.0 Å². The molecule has 18 heavy (non-hydrogen) atoms. The molecule has 2 N–H and O–H groups in total. The quantitative estimate of drug-likeness (QED) is 0.831. The van der Waals surface area contributed by atoms with E-state index in [2.05, 4.69) is 0 Å². The summed E-state index contributed by atoms with van der Waals surface area (Å²) in [4.78, 5) is 14.1. The molecule has 2 rings (SSSR count). The number of ether oxygens (including phenoxy) is 1. The highest BCUT2D eigenvalue weighted by atomic mass is 16.5. The average molecular weight is 254 g/mol. The molecule has 1 heterocycles. The Hall–Kier alpha value is -0.610. The normalized spacial score (nSPS) is 29.9. The van der Waals surface area contributed by atoms with Gasteiger partial charge in [-0.15, -0.1) is 0 Å². The summed E-state index contributed by atoms with van der Waals surface area (Å²) in [5, 5.41) is 0. The van der Waals surface area contributed by atoms with Gasteiger partial charge in [0.15, 0.2) is 0 Å². The van der Waals surface area contributed by atoms with Gasteiger partial charge >= 0.3 is 0 Å². The monoisotopic (exact) mass is 254 g/mol. The van der Waals surface area contributed by atoms with Crippen molar-refractivity contribution in [1.82, 2.24) is 4.90 Å². The third-order valence-corrected chi connectivity index (χ3v) is 4.23. The first kappa shape index (κ1) is 13.8. The summed E-state index contributed by atoms with van der Waals surface area (Å²) >= 11 is 0. The van der Waals surface area contributed by atoms with Gasteiger partial charge in [0.1, 0.15) is 0 Å². The molecule has 0 aromatic rings. The largest absolute Gasteiger partial charge is 0.380 e. The number of amides is 1. The Morgan fingerprint density at radius 3 is 2.72 bits per heavy atom. The van der Waals surface area contributed by atoms with Crippen molar-refractivity contribution < 1.29 is 9.53 Å². The Morgan fingerprint density at radius 2 is 1.94 bits per heavy atom. The fourth-order valence-corrected chi connectivity index (χ4v) is 2.96. The number of nitrogens with two attached hydrogens (primary N) is 1. The highest BCUT2D eigenvalue weighted by molar-refractivity contribution is 5.76.